The number of benzene rings is 1. The number of nitrogens with two attached hydrogens (primary N) is 1. The molecule has 0 fully saturated rings. The molecule has 1 aliphatic carbocycles. The van der Waals surface area contributed by atoms with Crippen molar-refractivity contribution in [1.29, 1.82) is 0 Å². The van der Waals surface area contributed by atoms with Crippen LogP contribution in [0.3, 0.4) is 0 Å². The summed E-state index contributed by atoms with van der Waals surface area (Å²) in [4.78, 5) is 22.8. The van der Waals surface area contributed by atoms with E-state index in [-0.39, 0.29) is 10.6 Å². The molecule has 1 aromatic heterocycles. The van der Waals surface area contributed by atoms with Crippen LogP contribution in [0.15, 0.2) is 29.2 Å². The van der Waals surface area contributed by atoms with Gasteiger partial charge in [0, 0.05) is 10.9 Å². The van der Waals surface area contributed by atoms with Gasteiger partial charge in [0.2, 0.25) is 0 Å². The molecule has 2 aromatic rings. The number of carbonyl (C=O) groups is 1. The van der Waals surface area contributed by atoms with Crippen molar-refractivity contribution in [3.05, 3.63) is 50.4 Å². The molecule has 1 heterocycles. The first-order valence-electron chi connectivity index (χ1n) is 7.91. The summed E-state index contributed by atoms with van der Waals surface area (Å²) >= 11 is 1.17. The Kier molecular flexibility index (Phi) is 4.72. The number of nitrogens with zero attached hydrogens (tertiary/aromatic N) is 1. The number of thiophene rings is 1. The van der Waals surface area contributed by atoms with E-state index in [0.29, 0.717) is 12.3 Å². The number of nitrogens with one attached hydrogen (secondary N) is 1. The number of nitro groups is 1. The van der Waals surface area contributed by atoms with Crippen molar-refractivity contribution < 1.29 is 18.1 Å². The number of anilines is 1. The van der Waals surface area contributed by atoms with Crippen molar-refractivity contribution >= 4 is 38.0 Å². The maximum absolute atomic E-state index is 12.7. The molecule has 3 rings (SSSR count). The number of para-hydroxylation sites is 1. The van der Waals surface area contributed by atoms with Crippen LogP contribution in [0.1, 0.15) is 34.1 Å². The highest BCUT2D eigenvalue weighted by molar-refractivity contribution is 7.93. The molecule has 26 heavy (non-hydrogen) atoms. The summed E-state index contributed by atoms with van der Waals surface area (Å²) < 4.78 is 27.8. The molecule has 3 N–H and O–H groups in total. The second-order valence-corrected chi connectivity index (χ2v) is 9.01. The molecule has 1 amide bonds. The smallest absolute Gasteiger partial charge is 0.289 e. The lowest BCUT2D eigenvalue weighted by atomic mass is 9.88. The van der Waals surface area contributed by atoms with Crippen molar-refractivity contribution in [1.82, 2.24) is 0 Å². The Hall–Kier alpha value is -2.46. The van der Waals surface area contributed by atoms with Crippen LogP contribution < -0.4 is 10.5 Å². The van der Waals surface area contributed by atoms with Crippen LogP contribution in [0.25, 0.3) is 0 Å². The van der Waals surface area contributed by atoms with Crippen LogP contribution in [-0.2, 0) is 22.9 Å². The molecule has 0 radical (unpaired) electrons. The second kappa shape index (κ2) is 6.69. The molecule has 10 heteroatoms. The quantitative estimate of drug-likeness (QED) is 0.593. The standard InChI is InChI=1S/C16H17N3O5S2/c1-9-6-7-10-12(8-9)25-16(14(10)15(17)20)18-26(23,24)13-5-3-2-4-11(13)19(21)22/h2-5,9,18H,6-8H2,1H3,(H2,17,20). The summed E-state index contributed by atoms with van der Waals surface area (Å²) in [5, 5.41) is 11.3. The summed E-state index contributed by atoms with van der Waals surface area (Å²) in [6, 6.07) is 5.06. The minimum atomic E-state index is -4.25. The molecule has 0 spiro atoms. The molecule has 0 saturated carbocycles. The fraction of sp³-hybridized carbons (Fsp3) is 0.312. The molecular formula is C16H17N3O5S2. The largest absolute Gasteiger partial charge is 0.365 e. The van der Waals surface area contributed by atoms with Crippen molar-refractivity contribution in [2.24, 2.45) is 11.7 Å². The first-order valence-corrected chi connectivity index (χ1v) is 10.2. The van der Waals surface area contributed by atoms with Gasteiger partial charge in [-0.25, -0.2) is 8.42 Å². The maximum Gasteiger partial charge on any atom is 0.289 e. The molecular weight excluding hydrogens is 378 g/mol. The van der Waals surface area contributed by atoms with E-state index in [1.807, 2.05) is 0 Å². The van der Waals surface area contributed by atoms with Gasteiger partial charge < -0.3 is 5.73 Å². The number of nitro benzene ring substituents is 1. The number of primary amides is 1. The SMILES string of the molecule is CC1CCc2c(sc(NS(=O)(=O)c3ccccc3[N+](=O)[O-])c2C(N)=O)C1. The highest BCUT2D eigenvalue weighted by Gasteiger charge is 2.31. The number of hydrogen-bond acceptors (Lipinski definition) is 6. The third kappa shape index (κ3) is 3.29. The Morgan fingerprint density at radius 1 is 1.38 bits per heavy atom. The van der Waals surface area contributed by atoms with Crippen molar-refractivity contribution in [3.63, 3.8) is 0 Å². The van der Waals surface area contributed by atoms with Gasteiger partial charge in [0.05, 0.1) is 10.5 Å². The Morgan fingerprint density at radius 2 is 2.08 bits per heavy atom. The van der Waals surface area contributed by atoms with Gasteiger partial charge in [0.1, 0.15) is 5.00 Å². The molecule has 1 unspecified atom stereocenters. The summed E-state index contributed by atoms with van der Waals surface area (Å²) in [6.45, 7) is 2.09. The average Bonchev–Trinajstić information content (AvgIpc) is 2.90. The van der Waals surface area contributed by atoms with Crippen molar-refractivity contribution in [2.75, 3.05) is 4.72 Å². The number of hydrogen-bond donors (Lipinski definition) is 2. The molecule has 8 nitrogen and oxygen atoms in total. The minimum absolute atomic E-state index is 0.120. The Bertz CT molecular complexity index is 997. The van der Waals surface area contributed by atoms with Crippen LogP contribution in [-0.4, -0.2) is 19.2 Å². The fourth-order valence-electron chi connectivity index (χ4n) is 3.10. The number of rotatable bonds is 5. The van der Waals surface area contributed by atoms with Gasteiger partial charge in [0.25, 0.3) is 21.6 Å². The molecule has 1 atom stereocenters. The van der Waals surface area contributed by atoms with Gasteiger partial charge in [-0.05, 0) is 36.8 Å². The predicted octanol–water partition coefficient (Wildman–Crippen LogP) is 2.68. The van der Waals surface area contributed by atoms with E-state index in [1.165, 1.54) is 23.5 Å². The van der Waals surface area contributed by atoms with Crippen LogP contribution in [0, 0.1) is 16.0 Å². The molecule has 0 saturated heterocycles. The average molecular weight is 395 g/mol. The predicted molar refractivity (Wildman–Crippen MR) is 97.9 cm³/mol. The molecule has 1 aromatic carbocycles. The van der Waals surface area contributed by atoms with Gasteiger partial charge in [-0.1, -0.05) is 19.1 Å². The highest BCUT2D eigenvalue weighted by atomic mass is 32.2. The zero-order chi connectivity index (χ0) is 19.1. The summed E-state index contributed by atoms with van der Waals surface area (Å²) in [7, 11) is -4.25. The number of sulfonamides is 1. The van der Waals surface area contributed by atoms with Crippen molar-refractivity contribution in [3.8, 4) is 0 Å². The monoisotopic (exact) mass is 395 g/mol. The van der Waals surface area contributed by atoms with Crippen LogP contribution in [0.2, 0.25) is 0 Å². The fourth-order valence-corrected chi connectivity index (χ4v) is 5.99. The van der Waals surface area contributed by atoms with E-state index in [4.69, 9.17) is 5.73 Å². The number of carbonyl (C=O) groups excluding carboxylic acids is 1. The van der Waals surface area contributed by atoms with Gasteiger partial charge in [0.15, 0.2) is 4.90 Å². The Labute approximate surface area is 154 Å². The first-order chi connectivity index (χ1) is 12.2. The number of amides is 1. The molecule has 138 valence electrons. The van der Waals surface area contributed by atoms with E-state index in [1.54, 1.807) is 0 Å². The summed E-state index contributed by atoms with van der Waals surface area (Å²) in [5.41, 5.74) is 5.89. The lowest BCUT2D eigenvalue weighted by molar-refractivity contribution is -0.387. The van der Waals surface area contributed by atoms with Gasteiger partial charge in [-0.15, -0.1) is 11.3 Å². The maximum atomic E-state index is 12.7. The van der Waals surface area contributed by atoms with Gasteiger partial charge >= 0.3 is 0 Å². The Morgan fingerprint density at radius 3 is 2.73 bits per heavy atom. The van der Waals surface area contributed by atoms with Crippen LogP contribution >= 0.6 is 11.3 Å². The van der Waals surface area contributed by atoms with E-state index < -0.39 is 31.4 Å². The zero-order valence-corrected chi connectivity index (χ0v) is 15.5. The summed E-state index contributed by atoms with van der Waals surface area (Å²) in [6.07, 6.45) is 2.28. The highest BCUT2D eigenvalue weighted by Crippen LogP contribution is 2.40. The Balaban J connectivity index is 2.07. The molecule has 0 bridgehead atoms. The van der Waals surface area contributed by atoms with E-state index in [2.05, 4.69) is 11.6 Å². The summed E-state index contributed by atoms with van der Waals surface area (Å²) in [5.74, 6) is -0.279. The minimum Gasteiger partial charge on any atom is -0.365 e. The first kappa shape index (κ1) is 18.3. The third-order valence-corrected chi connectivity index (χ3v) is 7.03. The molecule has 0 aliphatic heterocycles. The van der Waals surface area contributed by atoms with E-state index >= 15 is 0 Å². The topological polar surface area (TPSA) is 132 Å². The second-order valence-electron chi connectivity index (χ2n) is 6.25. The zero-order valence-electron chi connectivity index (χ0n) is 13.9. The number of fused-ring (bicyclic) bond motifs is 1. The lowest BCUT2D eigenvalue weighted by Crippen LogP contribution is -2.20. The van der Waals surface area contributed by atoms with E-state index in [0.717, 1.165) is 35.4 Å². The third-order valence-electron chi connectivity index (χ3n) is 4.34. The molecule has 1 aliphatic rings. The normalized spacial score (nSPS) is 16.7. The van der Waals surface area contributed by atoms with Crippen molar-refractivity contribution in [2.45, 2.75) is 31.1 Å². The van der Waals surface area contributed by atoms with Crippen LogP contribution in [0.5, 0.6) is 0 Å². The van der Waals surface area contributed by atoms with Gasteiger partial charge in [-0.2, -0.15) is 0 Å². The van der Waals surface area contributed by atoms with E-state index in [9.17, 15) is 23.3 Å². The van der Waals surface area contributed by atoms with Crippen LogP contribution in [0.4, 0.5) is 10.7 Å². The lowest BCUT2D eigenvalue weighted by Gasteiger charge is -2.18. The van der Waals surface area contributed by atoms with Gasteiger partial charge in [-0.3, -0.25) is 19.6 Å².